The maximum atomic E-state index is 10.9. The van der Waals surface area contributed by atoms with E-state index in [1.807, 2.05) is 6.07 Å². The van der Waals surface area contributed by atoms with E-state index in [4.69, 9.17) is 5.11 Å². The molecule has 1 heterocycles. The molecule has 0 saturated heterocycles. The maximum absolute atomic E-state index is 10.9. The van der Waals surface area contributed by atoms with E-state index in [1.54, 1.807) is 42.1 Å². The molecule has 1 aromatic heterocycles. The van der Waals surface area contributed by atoms with E-state index in [0.29, 0.717) is 0 Å². The number of aromatic nitrogens is 1. The van der Waals surface area contributed by atoms with Gasteiger partial charge in [-0.05, 0) is 23.8 Å². The Morgan fingerprint density at radius 3 is 2.56 bits per heavy atom. The van der Waals surface area contributed by atoms with E-state index >= 15 is 0 Å². The molecule has 4 heteroatoms. The lowest BCUT2D eigenvalue weighted by atomic mass is 10.1. The Bertz CT molecular complexity index is 543. The summed E-state index contributed by atoms with van der Waals surface area (Å²) in [5, 5.41) is 18.2. The van der Waals surface area contributed by atoms with Crippen LogP contribution in [-0.2, 0) is 7.05 Å². The Balaban J connectivity index is 2.49. The lowest BCUT2D eigenvalue weighted by Gasteiger charge is -1.97. The second-order valence-corrected chi connectivity index (χ2v) is 3.58. The highest BCUT2D eigenvalue weighted by atomic mass is 16.4. The predicted molar refractivity (Wildman–Crippen MR) is 59.5 cm³/mol. The number of carbonyl (C=O) groups is 1. The lowest BCUT2D eigenvalue weighted by molar-refractivity contribution is 0.0686. The topological polar surface area (TPSA) is 62.5 Å². The standard InChI is InChI=1S/C12H11NO3/c1-13-7-9(6-11(13)12(15)16)8-3-2-4-10(14)5-8/h2-7,14H,1H3,(H,15,16). The average Bonchev–Trinajstić information content (AvgIpc) is 2.60. The molecule has 0 aliphatic carbocycles. The van der Waals surface area contributed by atoms with Crippen LogP contribution in [0.15, 0.2) is 36.5 Å². The van der Waals surface area contributed by atoms with Crippen molar-refractivity contribution in [3.63, 3.8) is 0 Å². The van der Waals surface area contributed by atoms with E-state index < -0.39 is 5.97 Å². The number of benzene rings is 1. The second kappa shape index (κ2) is 3.73. The van der Waals surface area contributed by atoms with Crippen molar-refractivity contribution < 1.29 is 15.0 Å². The molecule has 2 N–H and O–H groups in total. The number of aryl methyl sites for hydroxylation is 1. The zero-order valence-electron chi connectivity index (χ0n) is 8.71. The average molecular weight is 217 g/mol. The van der Waals surface area contributed by atoms with Gasteiger partial charge >= 0.3 is 5.97 Å². The summed E-state index contributed by atoms with van der Waals surface area (Å²) in [5.41, 5.74) is 1.79. The summed E-state index contributed by atoms with van der Waals surface area (Å²) in [4.78, 5) is 10.9. The van der Waals surface area contributed by atoms with Crippen molar-refractivity contribution >= 4 is 5.97 Å². The molecule has 0 aliphatic rings. The quantitative estimate of drug-likeness (QED) is 0.809. The van der Waals surface area contributed by atoms with Gasteiger partial charge in [0.25, 0.3) is 0 Å². The molecule has 0 unspecified atom stereocenters. The minimum Gasteiger partial charge on any atom is -0.508 e. The van der Waals surface area contributed by atoms with Gasteiger partial charge in [0, 0.05) is 18.8 Å². The fourth-order valence-corrected chi connectivity index (χ4v) is 1.62. The van der Waals surface area contributed by atoms with Gasteiger partial charge in [0.2, 0.25) is 0 Å². The molecular weight excluding hydrogens is 206 g/mol. The van der Waals surface area contributed by atoms with Crippen LogP contribution >= 0.6 is 0 Å². The fraction of sp³-hybridized carbons (Fsp3) is 0.0833. The molecule has 0 spiro atoms. The third kappa shape index (κ3) is 1.77. The van der Waals surface area contributed by atoms with Crippen molar-refractivity contribution in [3.8, 4) is 16.9 Å². The van der Waals surface area contributed by atoms with Crippen LogP contribution in [0.2, 0.25) is 0 Å². The first-order valence-corrected chi connectivity index (χ1v) is 4.77. The number of carboxylic acid groups (broad SMARTS) is 1. The van der Waals surface area contributed by atoms with Crippen LogP contribution in [0.5, 0.6) is 5.75 Å². The number of aromatic carboxylic acids is 1. The van der Waals surface area contributed by atoms with Crippen LogP contribution in [0.25, 0.3) is 11.1 Å². The summed E-state index contributed by atoms with van der Waals surface area (Å²) in [6, 6.07) is 8.29. The molecule has 0 amide bonds. The van der Waals surface area contributed by atoms with E-state index in [2.05, 4.69) is 0 Å². The zero-order valence-corrected chi connectivity index (χ0v) is 8.71. The largest absolute Gasteiger partial charge is 0.508 e. The third-order valence-electron chi connectivity index (χ3n) is 2.40. The normalized spacial score (nSPS) is 10.3. The summed E-state index contributed by atoms with van der Waals surface area (Å²) in [6.45, 7) is 0. The molecule has 16 heavy (non-hydrogen) atoms. The first-order valence-electron chi connectivity index (χ1n) is 4.77. The Morgan fingerprint density at radius 2 is 2.00 bits per heavy atom. The number of carboxylic acids is 1. The molecule has 82 valence electrons. The van der Waals surface area contributed by atoms with Crippen molar-refractivity contribution in [2.24, 2.45) is 7.05 Å². The van der Waals surface area contributed by atoms with Crippen LogP contribution in [-0.4, -0.2) is 20.7 Å². The van der Waals surface area contributed by atoms with Crippen LogP contribution in [0.4, 0.5) is 0 Å². The number of phenolic OH excluding ortho intramolecular Hbond substituents is 1. The van der Waals surface area contributed by atoms with Gasteiger partial charge in [-0.3, -0.25) is 0 Å². The van der Waals surface area contributed by atoms with Crippen molar-refractivity contribution in [1.29, 1.82) is 0 Å². The van der Waals surface area contributed by atoms with Gasteiger partial charge in [-0.2, -0.15) is 0 Å². The van der Waals surface area contributed by atoms with Crippen LogP contribution in [0, 0.1) is 0 Å². The van der Waals surface area contributed by atoms with Gasteiger partial charge in [0.15, 0.2) is 0 Å². The summed E-state index contributed by atoms with van der Waals surface area (Å²) in [5.74, 6) is -0.799. The molecule has 0 radical (unpaired) electrons. The third-order valence-corrected chi connectivity index (χ3v) is 2.40. The summed E-state index contributed by atoms with van der Waals surface area (Å²) in [7, 11) is 1.68. The molecule has 2 aromatic rings. The number of rotatable bonds is 2. The smallest absolute Gasteiger partial charge is 0.352 e. The number of phenols is 1. The van der Waals surface area contributed by atoms with Gasteiger partial charge in [0.05, 0.1) is 0 Å². The summed E-state index contributed by atoms with van der Waals surface area (Å²) in [6.07, 6.45) is 1.72. The molecule has 2 rings (SSSR count). The van der Waals surface area contributed by atoms with E-state index in [1.165, 1.54) is 0 Å². The van der Waals surface area contributed by atoms with E-state index in [-0.39, 0.29) is 11.4 Å². The van der Waals surface area contributed by atoms with Crippen molar-refractivity contribution in [2.75, 3.05) is 0 Å². The Morgan fingerprint density at radius 1 is 1.25 bits per heavy atom. The van der Waals surface area contributed by atoms with Gasteiger partial charge < -0.3 is 14.8 Å². The molecule has 1 aromatic carbocycles. The number of nitrogens with zero attached hydrogens (tertiary/aromatic N) is 1. The highest BCUT2D eigenvalue weighted by Crippen LogP contribution is 2.24. The molecular formula is C12H11NO3. The SMILES string of the molecule is Cn1cc(-c2cccc(O)c2)cc1C(=O)O. The van der Waals surface area contributed by atoms with Gasteiger partial charge in [0.1, 0.15) is 11.4 Å². The molecule has 0 atom stereocenters. The zero-order chi connectivity index (χ0) is 11.7. The maximum Gasteiger partial charge on any atom is 0.352 e. The molecule has 0 fully saturated rings. The Hall–Kier alpha value is -2.23. The highest BCUT2D eigenvalue weighted by molar-refractivity contribution is 5.88. The van der Waals surface area contributed by atoms with Crippen molar-refractivity contribution in [3.05, 3.63) is 42.2 Å². The first-order chi connectivity index (χ1) is 7.58. The van der Waals surface area contributed by atoms with Gasteiger partial charge in [-0.1, -0.05) is 12.1 Å². The van der Waals surface area contributed by atoms with E-state index in [0.717, 1.165) is 11.1 Å². The van der Waals surface area contributed by atoms with Crippen LogP contribution in [0.3, 0.4) is 0 Å². The number of hydrogen-bond donors (Lipinski definition) is 2. The van der Waals surface area contributed by atoms with Crippen molar-refractivity contribution in [2.45, 2.75) is 0 Å². The van der Waals surface area contributed by atoms with Crippen molar-refractivity contribution in [1.82, 2.24) is 4.57 Å². The summed E-state index contributed by atoms with van der Waals surface area (Å²) >= 11 is 0. The monoisotopic (exact) mass is 217 g/mol. The minimum absolute atomic E-state index is 0.165. The molecule has 0 aliphatic heterocycles. The minimum atomic E-state index is -0.964. The lowest BCUT2D eigenvalue weighted by Crippen LogP contribution is -2.02. The highest BCUT2D eigenvalue weighted by Gasteiger charge is 2.10. The van der Waals surface area contributed by atoms with Crippen LogP contribution in [0.1, 0.15) is 10.5 Å². The second-order valence-electron chi connectivity index (χ2n) is 3.58. The number of hydrogen-bond acceptors (Lipinski definition) is 2. The van der Waals surface area contributed by atoms with E-state index in [9.17, 15) is 9.90 Å². The Kier molecular flexibility index (Phi) is 2.40. The van der Waals surface area contributed by atoms with Crippen LogP contribution < -0.4 is 0 Å². The molecule has 0 saturated carbocycles. The summed E-state index contributed by atoms with van der Waals surface area (Å²) < 4.78 is 1.54. The predicted octanol–water partition coefficient (Wildman–Crippen LogP) is 2.10. The number of aromatic hydroxyl groups is 1. The first kappa shape index (κ1) is 10.3. The molecule has 0 bridgehead atoms. The molecule has 4 nitrogen and oxygen atoms in total. The van der Waals surface area contributed by atoms with Gasteiger partial charge in [-0.15, -0.1) is 0 Å². The fourth-order valence-electron chi connectivity index (χ4n) is 1.62. The Labute approximate surface area is 92.4 Å². The van der Waals surface area contributed by atoms with Gasteiger partial charge in [-0.25, -0.2) is 4.79 Å².